The Hall–Kier alpha value is -1.94. The van der Waals surface area contributed by atoms with Gasteiger partial charge in [0.15, 0.2) is 5.78 Å². The molecule has 0 radical (unpaired) electrons. The van der Waals surface area contributed by atoms with E-state index in [4.69, 9.17) is 0 Å². The zero-order valence-corrected chi connectivity index (χ0v) is 13.6. The third-order valence-electron chi connectivity index (χ3n) is 3.92. The molecule has 0 unspecified atom stereocenters. The summed E-state index contributed by atoms with van der Waals surface area (Å²) in [5, 5.41) is 1.95. The van der Waals surface area contributed by atoms with E-state index in [1.54, 1.807) is 0 Å². The Kier molecular flexibility index (Phi) is 4.68. The molecule has 0 saturated carbocycles. The number of anilines is 1. The molecule has 0 fully saturated rings. The highest BCUT2D eigenvalue weighted by atomic mass is 32.1. The zero-order valence-electron chi connectivity index (χ0n) is 12.8. The van der Waals surface area contributed by atoms with Crippen LogP contribution in [0.2, 0.25) is 0 Å². The van der Waals surface area contributed by atoms with Crippen molar-refractivity contribution in [2.24, 2.45) is 4.99 Å². The summed E-state index contributed by atoms with van der Waals surface area (Å²) in [4.78, 5) is 20.2. The van der Waals surface area contributed by atoms with E-state index in [-0.39, 0.29) is 5.78 Å². The molecular formula is C18H20N2OS. The molecule has 0 amide bonds. The summed E-state index contributed by atoms with van der Waals surface area (Å²) in [6, 6.07) is 12.0. The van der Waals surface area contributed by atoms with Crippen LogP contribution in [-0.2, 0) is 0 Å². The van der Waals surface area contributed by atoms with E-state index in [1.807, 2.05) is 29.6 Å². The van der Waals surface area contributed by atoms with Gasteiger partial charge in [-0.25, -0.2) is 0 Å². The number of para-hydroxylation sites is 1. The van der Waals surface area contributed by atoms with Gasteiger partial charge in [0.2, 0.25) is 0 Å². The van der Waals surface area contributed by atoms with Crippen molar-refractivity contribution >= 4 is 28.6 Å². The number of Topliss-reactive ketones (excluding diaryl/α,β-unsaturated/α-hetero) is 1. The number of carbonyl (C=O) groups excluding carboxylic acids is 1. The SMILES string of the molecule is Cc1ccccc1N(CC(=O)c1cccs1)C1=NCCCC1. The molecule has 2 heterocycles. The summed E-state index contributed by atoms with van der Waals surface area (Å²) in [7, 11) is 0. The first kappa shape index (κ1) is 15.0. The summed E-state index contributed by atoms with van der Waals surface area (Å²) < 4.78 is 0. The first-order valence-corrected chi connectivity index (χ1v) is 8.57. The van der Waals surface area contributed by atoms with E-state index in [9.17, 15) is 4.79 Å². The van der Waals surface area contributed by atoms with Gasteiger partial charge in [-0.1, -0.05) is 24.3 Å². The van der Waals surface area contributed by atoms with Crippen LogP contribution in [-0.4, -0.2) is 24.7 Å². The normalized spacial score (nSPS) is 14.5. The van der Waals surface area contributed by atoms with Crippen molar-refractivity contribution in [3.63, 3.8) is 0 Å². The second kappa shape index (κ2) is 6.88. The highest BCUT2D eigenvalue weighted by Crippen LogP contribution is 2.24. The van der Waals surface area contributed by atoms with Crippen LogP contribution in [0.25, 0.3) is 0 Å². The van der Waals surface area contributed by atoms with E-state index in [0.717, 1.165) is 42.2 Å². The molecule has 3 nitrogen and oxygen atoms in total. The van der Waals surface area contributed by atoms with Gasteiger partial charge in [-0.2, -0.15) is 0 Å². The minimum absolute atomic E-state index is 0.159. The van der Waals surface area contributed by atoms with Gasteiger partial charge in [-0.15, -0.1) is 11.3 Å². The molecule has 2 aromatic rings. The number of thiophene rings is 1. The largest absolute Gasteiger partial charge is 0.322 e. The van der Waals surface area contributed by atoms with Crippen LogP contribution in [0, 0.1) is 6.92 Å². The van der Waals surface area contributed by atoms with Gasteiger partial charge in [0.1, 0.15) is 5.84 Å². The molecule has 0 atom stereocenters. The number of aliphatic imine (C=N–C) groups is 1. The Bertz CT molecular complexity index is 676. The summed E-state index contributed by atoms with van der Waals surface area (Å²) in [6.45, 7) is 3.32. The van der Waals surface area contributed by atoms with Gasteiger partial charge in [0.25, 0.3) is 0 Å². The van der Waals surface area contributed by atoms with E-state index in [0.29, 0.717) is 6.54 Å². The van der Waals surface area contributed by atoms with Gasteiger partial charge < -0.3 is 4.90 Å². The Morgan fingerprint density at radius 1 is 1.23 bits per heavy atom. The molecule has 1 aromatic carbocycles. The minimum Gasteiger partial charge on any atom is -0.322 e. The summed E-state index contributed by atoms with van der Waals surface area (Å²) in [5.74, 6) is 1.21. The van der Waals surface area contributed by atoms with Crippen molar-refractivity contribution < 1.29 is 4.79 Å². The maximum Gasteiger partial charge on any atom is 0.192 e. The second-order valence-electron chi connectivity index (χ2n) is 5.53. The molecule has 3 rings (SSSR count). The number of benzene rings is 1. The lowest BCUT2D eigenvalue weighted by molar-refractivity contribution is 0.101. The van der Waals surface area contributed by atoms with E-state index >= 15 is 0 Å². The summed E-state index contributed by atoms with van der Waals surface area (Å²) in [6.07, 6.45) is 3.24. The molecule has 0 aliphatic carbocycles. The highest BCUT2D eigenvalue weighted by molar-refractivity contribution is 7.12. The van der Waals surface area contributed by atoms with Gasteiger partial charge >= 0.3 is 0 Å². The molecule has 1 aromatic heterocycles. The summed E-state index contributed by atoms with van der Waals surface area (Å²) in [5.41, 5.74) is 2.27. The molecule has 0 saturated heterocycles. The Morgan fingerprint density at radius 2 is 2.09 bits per heavy atom. The predicted octanol–water partition coefficient (Wildman–Crippen LogP) is 4.33. The molecule has 0 bridgehead atoms. The number of aryl methyl sites for hydroxylation is 1. The quantitative estimate of drug-likeness (QED) is 0.787. The van der Waals surface area contributed by atoms with Gasteiger partial charge in [0, 0.05) is 18.7 Å². The third-order valence-corrected chi connectivity index (χ3v) is 4.83. The number of ketones is 1. The minimum atomic E-state index is 0.159. The molecule has 0 N–H and O–H groups in total. The third kappa shape index (κ3) is 3.28. The molecule has 1 aliphatic rings. The monoisotopic (exact) mass is 312 g/mol. The summed E-state index contributed by atoms with van der Waals surface area (Å²) >= 11 is 1.50. The molecule has 114 valence electrons. The lowest BCUT2D eigenvalue weighted by atomic mass is 10.1. The molecule has 4 heteroatoms. The number of hydrogen-bond acceptors (Lipinski definition) is 4. The molecule has 22 heavy (non-hydrogen) atoms. The van der Waals surface area contributed by atoms with Gasteiger partial charge in [-0.3, -0.25) is 9.79 Å². The van der Waals surface area contributed by atoms with Crippen molar-refractivity contribution in [3.8, 4) is 0 Å². The smallest absolute Gasteiger partial charge is 0.192 e. The van der Waals surface area contributed by atoms with Crippen LogP contribution in [0.3, 0.4) is 0 Å². The predicted molar refractivity (Wildman–Crippen MR) is 93.3 cm³/mol. The van der Waals surface area contributed by atoms with E-state index in [1.165, 1.54) is 16.9 Å². The van der Waals surface area contributed by atoms with Crippen molar-refractivity contribution in [3.05, 3.63) is 52.2 Å². The van der Waals surface area contributed by atoms with Crippen molar-refractivity contribution in [1.82, 2.24) is 0 Å². The number of amidine groups is 1. The van der Waals surface area contributed by atoms with Crippen molar-refractivity contribution in [2.45, 2.75) is 26.2 Å². The maximum absolute atomic E-state index is 12.6. The second-order valence-corrected chi connectivity index (χ2v) is 6.48. The molecular weight excluding hydrogens is 292 g/mol. The van der Waals surface area contributed by atoms with Crippen LogP contribution in [0.4, 0.5) is 5.69 Å². The van der Waals surface area contributed by atoms with E-state index < -0.39 is 0 Å². The van der Waals surface area contributed by atoms with Crippen molar-refractivity contribution in [2.75, 3.05) is 18.0 Å². The average Bonchev–Trinajstić information content (AvgIpc) is 3.09. The number of rotatable bonds is 4. The van der Waals surface area contributed by atoms with Crippen LogP contribution < -0.4 is 4.90 Å². The fourth-order valence-electron chi connectivity index (χ4n) is 2.74. The maximum atomic E-state index is 12.6. The van der Waals surface area contributed by atoms with E-state index in [2.05, 4.69) is 28.9 Å². The topological polar surface area (TPSA) is 32.7 Å². The highest BCUT2D eigenvalue weighted by Gasteiger charge is 2.21. The number of nitrogens with zero attached hydrogens (tertiary/aromatic N) is 2. The average molecular weight is 312 g/mol. The fraction of sp³-hybridized carbons (Fsp3) is 0.333. The first-order chi connectivity index (χ1) is 10.8. The zero-order chi connectivity index (χ0) is 15.4. The van der Waals surface area contributed by atoms with Gasteiger partial charge in [-0.05, 0) is 42.8 Å². The molecule has 1 aliphatic heterocycles. The van der Waals surface area contributed by atoms with Crippen LogP contribution in [0.5, 0.6) is 0 Å². The molecule has 0 spiro atoms. The number of hydrogen-bond donors (Lipinski definition) is 0. The fourth-order valence-corrected chi connectivity index (χ4v) is 3.40. The van der Waals surface area contributed by atoms with Crippen molar-refractivity contribution in [1.29, 1.82) is 0 Å². The Labute approximate surface area is 135 Å². The number of carbonyl (C=O) groups is 1. The first-order valence-electron chi connectivity index (χ1n) is 7.69. The Morgan fingerprint density at radius 3 is 2.77 bits per heavy atom. The van der Waals surface area contributed by atoms with Crippen LogP contribution >= 0.6 is 11.3 Å². The Balaban J connectivity index is 1.91. The standard InChI is InChI=1S/C18H20N2OS/c1-14-7-2-3-8-15(14)20(18-10-4-5-11-19-18)13-16(21)17-9-6-12-22-17/h2-3,6-9,12H,4-5,10-11,13H2,1H3. The lowest BCUT2D eigenvalue weighted by Gasteiger charge is -2.29. The van der Waals surface area contributed by atoms with Gasteiger partial charge in [0.05, 0.1) is 11.4 Å². The lowest BCUT2D eigenvalue weighted by Crippen LogP contribution is -2.37. The van der Waals surface area contributed by atoms with Crippen LogP contribution in [0.15, 0.2) is 46.8 Å². The van der Waals surface area contributed by atoms with Crippen LogP contribution in [0.1, 0.15) is 34.5 Å².